The van der Waals surface area contributed by atoms with Gasteiger partial charge >= 0.3 is 12.1 Å². The SMILES string of the molecule is CON(C)C(=O)c1ccc2c(c1)C=CC(C)(C)N2C(=O)C(F)(F)F. The maximum absolute atomic E-state index is 12.9. The van der Waals surface area contributed by atoms with Crippen LogP contribution < -0.4 is 4.90 Å². The number of nitrogens with zero attached hydrogens (tertiary/aromatic N) is 2. The summed E-state index contributed by atoms with van der Waals surface area (Å²) >= 11 is 0. The Kier molecular flexibility index (Phi) is 4.45. The summed E-state index contributed by atoms with van der Waals surface area (Å²) in [5.41, 5.74) is -0.459. The molecule has 0 fully saturated rings. The maximum atomic E-state index is 12.9. The Bertz CT molecular complexity index is 711. The Morgan fingerprint density at radius 3 is 2.42 bits per heavy atom. The Balaban J connectivity index is 2.52. The van der Waals surface area contributed by atoms with Gasteiger partial charge in [0.05, 0.1) is 18.3 Å². The first-order chi connectivity index (χ1) is 11.0. The fourth-order valence-corrected chi connectivity index (χ4v) is 2.47. The van der Waals surface area contributed by atoms with Gasteiger partial charge in [0, 0.05) is 12.6 Å². The first kappa shape index (κ1) is 18.0. The summed E-state index contributed by atoms with van der Waals surface area (Å²) < 4.78 is 38.8. The van der Waals surface area contributed by atoms with Crippen molar-refractivity contribution in [3.8, 4) is 0 Å². The molecule has 1 aromatic rings. The highest BCUT2D eigenvalue weighted by Crippen LogP contribution is 2.38. The van der Waals surface area contributed by atoms with E-state index in [0.29, 0.717) is 10.5 Å². The lowest BCUT2D eigenvalue weighted by molar-refractivity contribution is -0.171. The lowest BCUT2D eigenvalue weighted by atomic mass is 9.92. The van der Waals surface area contributed by atoms with Gasteiger partial charge in [0.2, 0.25) is 0 Å². The van der Waals surface area contributed by atoms with Crippen LogP contribution in [0.1, 0.15) is 29.8 Å². The van der Waals surface area contributed by atoms with Gasteiger partial charge in [0.1, 0.15) is 0 Å². The standard InChI is InChI=1S/C16H17F3N2O3/c1-15(2)8-7-10-9-11(13(22)20(3)24-4)5-6-12(10)21(15)14(23)16(17,18)19/h5-9H,1-4H3. The Hall–Kier alpha value is -2.35. The van der Waals surface area contributed by atoms with E-state index in [1.54, 1.807) is 6.08 Å². The van der Waals surface area contributed by atoms with Crippen LogP contribution in [-0.2, 0) is 9.63 Å². The molecule has 1 aromatic carbocycles. The molecule has 0 saturated heterocycles. The van der Waals surface area contributed by atoms with Crippen LogP contribution in [0.3, 0.4) is 0 Å². The van der Waals surface area contributed by atoms with Crippen molar-refractivity contribution >= 4 is 23.6 Å². The van der Waals surface area contributed by atoms with Crippen LogP contribution in [0.5, 0.6) is 0 Å². The number of amides is 2. The molecule has 0 radical (unpaired) electrons. The maximum Gasteiger partial charge on any atom is 0.471 e. The van der Waals surface area contributed by atoms with Gasteiger partial charge in [-0.15, -0.1) is 0 Å². The number of carbonyl (C=O) groups is 2. The third-order valence-electron chi connectivity index (χ3n) is 3.77. The predicted octanol–water partition coefficient (Wildman–Crippen LogP) is 3.02. The van der Waals surface area contributed by atoms with Crippen molar-refractivity contribution in [2.24, 2.45) is 0 Å². The second kappa shape index (κ2) is 5.94. The van der Waals surface area contributed by atoms with E-state index in [9.17, 15) is 22.8 Å². The molecular formula is C16H17F3N2O3. The Morgan fingerprint density at radius 1 is 1.25 bits per heavy atom. The molecule has 1 aliphatic heterocycles. The molecule has 0 aliphatic carbocycles. The lowest BCUT2D eigenvalue weighted by Gasteiger charge is -2.40. The van der Waals surface area contributed by atoms with E-state index in [4.69, 9.17) is 4.84 Å². The first-order valence-corrected chi connectivity index (χ1v) is 7.06. The van der Waals surface area contributed by atoms with Crippen molar-refractivity contribution in [1.29, 1.82) is 0 Å². The molecule has 2 rings (SSSR count). The molecule has 0 N–H and O–H groups in total. The van der Waals surface area contributed by atoms with Crippen LogP contribution in [0.2, 0.25) is 0 Å². The molecule has 1 heterocycles. The van der Waals surface area contributed by atoms with Gasteiger partial charge in [-0.05, 0) is 37.6 Å². The van der Waals surface area contributed by atoms with Crippen LogP contribution in [0.15, 0.2) is 24.3 Å². The number of carbonyl (C=O) groups excluding carboxylic acids is 2. The molecule has 0 unspecified atom stereocenters. The summed E-state index contributed by atoms with van der Waals surface area (Å²) in [5, 5.41) is 0.997. The molecule has 130 valence electrons. The molecule has 0 bridgehead atoms. The van der Waals surface area contributed by atoms with E-state index in [0.717, 1.165) is 5.06 Å². The fraction of sp³-hybridized carbons (Fsp3) is 0.375. The van der Waals surface area contributed by atoms with Gasteiger partial charge in [-0.2, -0.15) is 13.2 Å². The van der Waals surface area contributed by atoms with Gasteiger partial charge in [0.25, 0.3) is 5.91 Å². The average molecular weight is 342 g/mol. The van der Waals surface area contributed by atoms with E-state index >= 15 is 0 Å². The molecule has 8 heteroatoms. The van der Waals surface area contributed by atoms with E-state index < -0.39 is 23.5 Å². The fourth-order valence-electron chi connectivity index (χ4n) is 2.47. The molecular weight excluding hydrogens is 325 g/mol. The van der Waals surface area contributed by atoms with Gasteiger partial charge in [-0.3, -0.25) is 19.3 Å². The number of fused-ring (bicyclic) bond motifs is 1. The normalized spacial score (nSPS) is 15.9. The number of hydroxylamine groups is 2. The number of halogens is 3. The quantitative estimate of drug-likeness (QED) is 0.777. The van der Waals surface area contributed by atoms with Crippen LogP contribution in [0, 0.1) is 0 Å². The zero-order chi connectivity index (χ0) is 18.3. The summed E-state index contributed by atoms with van der Waals surface area (Å²) in [6.07, 6.45) is -1.91. The molecule has 0 aromatic heterocycles. The minimum atomic E-state index is -5.00. The molecule has 1 aliphatic rings. The summed E-state index contributed by atoms with van der Waals surface area (Å²) in [4.78, 5) is 29.4. The number of hydrogen-bond acceptors (Lipinski definition) is 3. The van der Waals surface area contributed by atoms with E-state index in [1.807, 2.05) is 0 Å². The zero-order valence-electron chi connectivity index (χ0n) is 13.6. The zero-order valence-corrected chi connectivity index (χ0v) is 13.6. The van der Waals surface area contributed by atoms with Crippen molar-refractivity contribution in [3.05, 3.63) is 35.4 Å². The highest BCUT2D eigenvalue weighted by atomic mass is 19.4. The monoisotopic (exact) mass is 342 g/mol. The van der Waals surface area contributed by atoms with Crippen molar-refractivity contribution in [2.45, 2.75) is 25.6 Å². The molecule has 0 saturated carbocycles. The Labute approximate surface area is 137 Å². The van der Waals surface area contributed by atoms with Crippen molar-refractivity contribution < 1.29 is 27.6 Å². The summed E-state index contributed by atoms with van der Waals surface area (Å²) in [6.45, 7) is 3.02. The van der Waals surface area contributed by atoms with Crippen molar-refractivity contribution in [2.75, 3.05) is 19.1 Å². The van der Waals surface area contributed by atoms with Crippen LogP contribution in [0.4, 0.5) is 18.9 Å². The van der Waals surface area contributed by atoms with Crippen LogP contribution in [0.25, 0.3) is 6.08 Å². The first-order valence-electron chi connectivity index (χ1n) is 7.06. The van der Waals surface area contributed by atoms with Gasteiger partial charge in [-0.25, -0.2) is 5.06 Å². The summed E-state index contributed by atoms with van der Waals surface area (Å²) in [6, 6.07) is 4.12. The minimum absolute atomic E-state index is 0.0986. The second-order valence-electron chi connectivity index (χ2n) is 5.88. The lowest BCUT2D eigenvalue weighted by Crippen LogP contribution is -2.53. The molecule has 5 nitrogen and oxygen atoms in total. The average Bonchev–Trinajstić information content (AvgIpc) is 2.50. The smallest absolute Gasteiger partial charge is 0.295 e. The van der Waals surface area contributed by atoms with E-state index in [-0.39, 0.29) is 11.3 Å². The number of rotatable bonds is 2. The predicted molar refractivity (Wildman–Crippen MR) is 82.2 cm³/mol. The molecule has 0 spiro atoms. The number of anilines is 1. The molecule has 24 heavy (non-hydrogen) atoms. The van der Waals surface area contributed by atoms with E-state index in [2.05, 4.69) is 0 Å². The topological polar surface area (TPSA) is 49.9 Å². The summed E-state index contributed by atoms with van der Waals surface area (Å²) in [7, 11) is 2.74. The van der Waals surface area contributed by atoms with Crippen molar-refractivity contribution in [3.63, 3.8) is 0 Å². The van der Waals surface area contributed by atoms with Gasteiger partial charge < -0.3 is 0 Å². The second-order valence-corrected chi connectivity index (χ2v) is 5.88. The van der Waals surface area contributed by atoms with Crippen molar-refractivity contribution in [1.82, 2.24) is 5.06 Å². The number of hydrogen-bond donors (Lipinski definition) is 0. The van der Waals surface area contributed by atoms with Gasteiger partial charge in [-0.1, -0.05) is 12.2 Å². The largest absolute Gasteiger partial charge is 0.471 e. The number of alkyl halides is 3. The molecule has 2 amide bonds. The number of benzene rings is 1. The summed E-state index contributed by atoms with van der Waals surface area (Å²) in [5.74, 6) is -2.40. The third kappa shape index (κ3) is 3.14. The molecule has 0 atom stereocenters. The van der Waals surface area contributed by atoms with Crippen LogP contribution in [-0.4, -0.2) is 42.8 Å². The third-order valence-corrected chi connectivity index (χ3v) is 3.77. The van der Waals surface area contributed by atoms with Crippen LogP contribution >= 0.6 is 0 Å². The minimum Gasteiger partial charge on any atom is -0.295 e. The van der Waals surface area contributed by atoms with Gasteiger partial charge in [0.15, 0.2) is 0 Å². The highest BCUT2D eigenvalue weighted by Gasteiger charge is 2.48. The van der Waals surface area contributed by atoms with E-state index in [1.165, 1.54) is 52.3 Å². The Morgan fingerprint density at radius 2 is 1.88 bits per heavy atom. The highest BCUT2D eigenvalue weighted by molar-refractivity contribution is 6.03.